The van der Waals surface area contributed by atoms with Crippen molar-refractivity contribution in [3.63, 3.8) is 0 Å². The number of fused-ring (bicyclic) bond motifs is 2. The van der Waals surface area contributed by atoms with Crippen LogP contribution in [0, 0.1) is 22.7 Å². The van der Waals surface area contributed by atoms with Gasteiger partial charge >= 0.3 is 17.6 Å². The predicted octanol–water partition coefficient (Wildman–Crippen LogP) is 5.06. The highest BCUT2D eigenvalue weighted by Gasteiger charge is 2.59. The zero-order valence-corrected chi connectivity index (χ0v) is 21.1. The summed E-state index contributed by atoms with van der Waals surface area (Å²) in [7, 11) is 0. The first-order valence-corrected chi connectivity index (χ1v) is 12.2. The van der Waals surface area contributed by atoms with Crippen molar-refractivity contribution in [2.24, 2.45) is 22.7 Å². The van der Waals surface area contributed by atoms with Crippen LogP contribution in [-0.2, 0) is 19.1 Å². The second kappa shape index (κ2) is 9.51. The number of hydrogen-bond donors (Lipinski definition) is 0. The number of carbonyl (C=O) groups is 2. The average molecular weight is 483 g/mol. The minimum Gasteiger partial charge on any atom is -0.493 e. The molecule has 188 valence electrons. The lowest BCUT2D eigenvalue weighted by molar-refractivity contribution is -0.189. The van der Waals surface area contributed by atoms with Crippen LogP contribution < -0.4 is 10.4 Å². The van der Waals surface area contributed by atoms with Crippen molar-refractivity contribution in [1.82, 2.24) is 0 Å². The molecular formula is C28H34O7. The monoisotopic (exact) mass is 482 g/mol. The molecule has 1 fully saturated rings. The van der Waals surface area contributed by atoms with E-state index in [0.29, 0.717) is 24.4 Å². The molecule has 7 nitrogen and oxygen atoms in total. The van der Waals surface area contributed by atoms with E-state index in [1.807, 2.05) is 12.1 Å². The maximum absolute atomic E-state index is 11.9. The molecule has 7 heteroatoms. The Morgan fingerprint density at radius 1 is 1.11 bits per heavy atom. The van der Waals surface area contributed by atoms with E-state index in [0.717, 1.165) is 18.2 Å². The first-order chi connectivity index (χ1) is 16.5. The van der Waals surface area contributed by atoms with Crippen LogP contribution in [0.3, 0.4) is 0 Å². The number of esters is 2. The zero-order valence-electron chi connectivity index (χ0n) is 21.1. The summed E-state index contributed by atoms with van der Waals surface area (Å²) in [5.74, 6) is 0.221. The molecule has 5 unspecified atom stereocenters. The lowest BCUT2D eigenvalue weighted by Crippen LogP contribution is -2.58. The van der Waals surface area contributed by atoms with Crippen LogP contribution in [-0.4, -0.2) is 31.3 Å². The molecule has 35 heavy (non-hydrogen) atoms. The number of benzene rings is 1. The summed E-state index contributed by atoms with van der Waals surface area (Å²) in [5.41, 5.74) is 0.690. The third-order valence-electron chi connectivity index (χ3n) is 8.20. The fourth-order valence-electron chi connectivity index (χ4n) is 6.32. The minimum atomic E-state index is -0.522. The van der Waals surface area contributed by atoms with E-state index in [1.54, 1.807) is 12.1 Å². The third-order valence-corrected chi connectivity index (χ3v) is 8.20. The quantitative estimate of drug-likeness (QED) is 0.323. The number of rotatable bonds is 6. The highest BCUT2D eigenvalue weighted by molar-refractivity contribution is 5.77. The van der Waals surface area contributed by atoms with Crippen molar-refractivity contribution in [2.45, 2.75) is 60.0 Å². The SMILES string of the molecule is CC(=O)OCC1(C)C(OC(C)=O)CCC2(C)C(COc3ccc4ccc(=O)oc4c3)C(C)=CCC12. The number of allylic oxidation sites excluding steroid dienone is 1. The Hall–Kier alpha value is -3.09. The fourth-order valence-corrected chi connectivity index (χ4v) is 6.32. The lowest BCUT2D eigenvalue weighted by atomic mass is 9.47. The third kappa shape index (κ3) is 4.86. The highest BCUT2D eigenvalue weighted by Crippen LogP contribution is 2.60. The number of ether oxygens (including phenoxy) is 3. The van der Waals surface area contributed by atoms with Gasteiger partial charge in [-0.1, -0.05) is 25.5 Å². The van der Waals surface area contributed by atoms with Gasteiger partial charge in [-0.3, -0.25) is 9.59 Å². The molecule has 2 aliphatic carbocycles. The summed E-state index contributed by atoms with van der Waals surface area (Å²) in [5, 5.41) is 0.836. The molecule has 2 aromatic rings. The Bertz CT molecular complexity index is 1210. The van der Waals surface area contributed by atoms with Crippen LogP contribution in [0.5, 0.6) is 5.75 Å². The van der Waals surface area contributed by atoms with E-state index < -0.39 is 11.0 Å². The minimum absolute atomic E-state index is 0.120. The van der Waals surface area contributed by atoms with Crippen LogP contribution in [0.25, 0.3) is 11.0 Å². The maximum atomic E-state index is 11.9. The number of carbonyl (C=O) groups excluding carboxylic acids is 2. The summed E-state index contributed by atoms with van der Waals surface area (Å²) < 4.78 is 22.8. The standard InChI is InChI=1S/C28H34O7/c1-17-6-10-24-27(4,13-12-25(34-19(3)30)28(24,5)16-33-18(2)29)22(17)15-32-21-9-7-20-8-11-26(31)35-23(20)14-21/h6-9,11,14,22,24-25H,10,12-13,15-16H2,1-5H3. The van der Waals surface area contributed by atoms with Crippen LogP contribution in [0.1, 0.15) is 53.9 Å². The van der Waals surface area contributed by atoms with E-state index in [-0.39, 0.29) is 41.9 Å². The van der Waals surface area contributed by atoms with E-state index in [4.69, 9.17) is 18.6 Å². The van der Waals surface area contributed by atoms with Gasteiger partial charge in [0.25, 0.3) is 0 Å². The zero-order chi connectivity index (χ0) is 25.4. The van der Waals surface area contributed by atoms with Crippen molar-refractivity contribution in [3.8, 4) is 5.75 Å². The maximum Gasteiger partial charge on any atom is 0.336 e. The first-order valence-electron chi connectivity index (χ1n) is 12.2. The van der Waals surface area contributed by atoms with E-state index in [9.17, 15) is 14.4 Å². The molecular weight excluding hydrogens is 448 g/mol. The molecule has 0 radical (unpaired) electrons. The largest absolute Gasteiger partial charge is 0.493 e. The molecule has 1 aromatic heterocycles. The highest BCUT2D eigenvalue weighted by atomic mass is 16.6. The molecule has 0 saturated heterocycles. The van der Waals surface area contributed by atoms with Crippen molar-refractivity contribution >= 4 is 22.9 Å². The smallest absolute Gasteiger partial charge is 0.336 e. The molecule has 0 N–H and O–H groups in total. The first kappa shape index (κ1) is 25.0. The van der Waals surface area contributed by atoms with Gasteiger partial charge in [-0.15, -0.1) is 0 Å². The van der Waals surface area contributed by atoms with Crippen LogP contribution in [0.2, 0.25) is 0 Å². The average Bonchev–Trinajstić information content (AvgIpc) is 2.79. The Balaban J connectivity index is 1.61. The molecule has 0 aliphatic heterocycles. The molecule has 1 heterocycles. The molecule has 2 aliphatic rings. The summed E-state index contributed by atoms with van der Waals surface area (Å²) in [6.07, 6.45) is 4.28. The Morgan fingerprint density at radius 3 is 2.57 bits per heavy atom. The Labute approximate surface area is 205 Å². The van der Waals surface area contributed by atoms with Gasteiger partial charge in [-0.2, -0.15) is 0 Å². The molecule has 1 aromatic carbocycles. The molecule has 0 spiro atoms. The van der Waals surface area contributed by atoms with E-state index in [2.05, 4.69) is 26.8 Å². The van der Waals surface area contributed by atoms with Crippen LogP contribution in [0.15, 0.2) is 51.2 Å². The summed E-state index contributed by atoms with van der Waals surface area (Å²) >= 11 is 0. The van der Waals surface area contributed by atoms with Crippen molar-refractivity contribution < 1.29 is 28.2 Å². The summed E-state index contributed by atoms with van der Waals surface area (Å²) in [6.45, 7) is 9.97. The Kier molecular flexibility index (Phi) is 6.80. The Morgan fingerprint density at radius 2 is 1.86 bits per heavy atom. The molecule has 0 bridgehead atoms. The molecule has 0 amide bonds. The topological polar surface area (TPSA) is 92.0 Å². The van der Waals surface area contributed by atoms with Crippen molar-refractivity contribution in [3.05, 3.63) is 52.4 Å². The van der Waals surface area contributed by atoms with Gasteiger partial charge in [-0.25, -0.2) is 4.79 Å². The van der Waals surface area contributed by atoms with Gasteiger partial charge in [0, 0.05) is 42.7 Å². The van der Waals surface area contributed by atoms with Crippen LogP contribution >= 0.6 is 0 Å². The van der Waals surface area contributed by atoms with Crippen molar-refractivity contribution in [1.29, 1.82) is 0 Å². The molecule has 4 rings (SSSR count). The van der Waals surface area contributed by atoms with Gasteiger partial charge in [-0.05, 0) is 55.7 Å². The second-order valence-electron chi connectivity index (χ2n) is 10.5. The number of hydrogen-bond acceptors (Lipinski definition) is 7. The van der Waals surface area contributed by atoms with Gasteiger partial charge < -0.3 is 18.6 Å². The van der Waals surface area contributed by atoms with Gasteiger partial charge in [0.15, 0.2) is 0 Å². The normalized spacial score (nSPS) is 30.2. The van der Waals surface area contributed by atoms with Crippen LogP contribution in [0.4, 0.5) is 0 Å². The van der Waals surface area contributed by atoms with E-state index >= 15 is 0 Å². The molecule has 1 saturated carbocycles. The van der Waals surface area contributed by atoms with Gasteiger partial charge in [0.05, 0.1) is 6.61 Å². The van der Waals surface area contributed by atoms with Crippen molar-refractivity contribution in [2.75, 3.05) is 13.2 Å². The molecule has 5 atom stereocenters. The second-order valence-corrected chi connectivity index (χ2v) is 10.5. The van der Waals surface area contributed by atoms with Gasteiger partial charge in [0.2, 0.25) is 0 Å². The summed E-state index contributed by atoms with van der Waals surface area (Å²) in [4.78, 5) is 35.2. The summed E-state index contributed by atoms with van der Waals surface area (Å²) in [6, 6.07) is 8.64. The predicted molar refractivity (Wildman–Crippen MR) is 131 cm³/mol. The van der Waals surface area contributed by atoms with Gasteiger partial charge in [0.1, 0.15) is 24.0 Å². The fraction of sp³-hybridized carbons (Fsp3) is 0.536. The van der Waals surface area contributed by atoms with E-state index in [1.165, 1.54) is 25.5 Å². The lowest BCUT2D eigenvalue weighted by Gasteiger charge is -2.59.